The van der Waals surface area contributed by atoms with Gasteiger partial charge in [0.25, 0.3) is 5.56 Å². The van der Waals surface area contributed by atoms with Crippen LogP contribution in [0.3, 0.4) is 0 Å². The zero-order chi connectivity index (χ0) is 20.4. The van der Waals surface area contributed by atoms with E-state index in [-0.39, 0.29) is 18.0 Å². The van der Waals surface area contributed by atoms with Gasteiger partial charge in [-0.1, -0.05) is 37.3 Å². The molecule has 0 atom stereocenters. The van der Waals surface area contributed by atoms with E-state index in [1.165, 1.54) is 14.8 Å². The van der Waals surface area contributed by atoms with Crippen LogP contribution in [0.2, 0.25) is 0 Å². The summed E-state index contributed by atoms with van der Waals surface area (Å²) in [4.78, 5) is 26.2. The number of hydrogen-bond donors (Lipinski definition) is 1. The van der Waals surface area contributed by atoms with Crippen molar-refractivity contribution in [2.45, 2.75) is 33.4 Å². The number of hydrogen-bond acceptors (Lipinski definition) is 5. The Kier molecular flexibility index (Phi) is 5.26. The van der Waals surface area contributed by atoms with Crippen LogP contribution in [0.5, 0.6) is 0 Å². The standard InChI is InChI=1S/C21H21N5O2S/c1-3-15-6-8-16(9-7-15)18-11-19-21(28)25(23-14(2)26(19)24-18)13-20(27)22-12-17-5-4-10-29-17/h4-11H,3,12-13H2,1-2H3,(H,22,27). The lowest BCUT2D eigenvalue weighted by Gasteiger charge is -2.07. The minimum atomic E-state index is -0.342. The molecule has 1 N–H and O–H groups in total. The largest absolute Gasteiger partial charge is 0.350 e. The van der Waals surface area contributed by atoms with Crippen molar-refractivity contribution in [2.24, 2.45) is 0 Å². The van der Waals surface area contributed by atoms with Gasteiger partial charge in [-0.3, -0.25) is 9.59 Å². The summed E-state index contributed by atoms with van der Waals surface area (Å²) in [5, 5.41) is 13.6. The van der Waals surface area contributed by atoms with E-state index < -0.39 is 0 Å². The van der Waals surface area contributed by atoms with Gasteiger partial charge in [0.2, 0.25) is 5.91 Å². The molecule has 4 rings (SSSR count). The molecule has 8 heteroatoms. The summed E-state index contributed by atoms with van der Waals surface area (Å²) in [6.45, 7) is 4.18. The van der Waals surface area contributed by atoms with Crippen molar-refractivity contribution in [3.8, 4) is 11.3 Å². The minimum absolute atomic E-state index is 0.132. The first-order valence-corrected chi connectivity index (χ1v) is 10.3. The molecule has 0 aliphatic carbocycles. The van der Waals surface area contributed by atoms with Crippen LogP contribution in [0, 0.1) is 6.92 Å². The first kappa shape index (κ1) is 19.1. The van der Waals surface area contributed by atoms with Crippen LogP contribution in [-0.4, -0.2) is 25.3 Å². The van der Waals surface area contributed by atoms with Gasteiger partial charge in [-0.15, -0.1) is 11.3 Å². The molecule has 3 aromatic heterocycles. The fourth-order valence-corrected chi connectivity index (χ4v) is 3.77. The van der Waals surface area contributed by atoms with E-state index in [2.05, 4.69) is 34.6 Å². The van der Waals surface area contributed by atoms with Crippen LogP contribution < -0.4 is 10.9 Å². The van der Waals surface area contributed by atoms with Gasteiger partial charge in [0.05, 0.1) is 12.2 Å². The van der Waals surface area contributed by atoms with E-state index in [1.54, 1.807) is 24.3 Å². The molecule has 1 aromatic carbocycles. The molecule has 0 aliphatic heterocycles. The van der Waals surface area contributed by atoms with Crippen molar-refractivity contribution in [3.05, 3.63) is 74.5 Å². The summed E-state index contributed by atoms with van der Waals surface area (Å²) in [7, 11) is 0. The third-order valence-corrected chi connectivity index (χ3v) is 5.60. The smallest absolute Gasteiger partial charge is 0.293 e. The van der Waals surface area contributed by atoms with Gasteiger partial charge in [0, 0.05) is 10.4 Å². The van der Waals surface area contributed by atoms with Crippen molar-refractivity contribution in [3.63, 3.8) is 0 Å². The Hall–Kier alpha value is -3.26. The van der Waals surface area contributed by atoms with Gasteiger partial charge in [-0.2, -0.15) is 10.2 Å². The number of rotatable bonds is 6. The lowest BCUT2D eigenvalue weighted by Crippen LogP contribution is -2.34. The second-order valence-electron chi connectivity index (χ2n) is 6.74. The number of carbonyl (C=O) groups is 1. The van der Waals surface area contributed by atoms with Crippen LogP contribution >= 0.6 is 11.3 Å². The Bertz CT molecular complexity index is 1210. The first-order valence-electron chi connectivity index (χ1n) is 9.41. The van der Waals surface area contributed by atoms with E-state index in [1.807, 2.05) is 29.6 Å². The van der Waals surface area contributed by atoms with Crippen molar-refractivity contribution >= 4 is 22.8 Å². The van der Waals surface area contributed by atoms with Gasteiger partial charge in [-0.05, 0) is 36.4 Å². The Labute approximate surface area is 171 Å². The zero-order valence-electron chi connectivity index (χ0n) is 16.3. The number of nitrogens with zero attached hydrogens (tertiary/aromatic N) is 4. The van der Waals surface area contributed by atoms with Crippen molar-refractivity contribution in [1.82, 2.24) is 24.7 Å². The monoisotopic (exact) mass is 407 g/mol. The number of fused-ring (bicyclic) bond motifs is 1. The SMILES string of the molecule is CCc1ccc(-c2cc3c(=O)n(CC(=O)NCc4cccs4)nc(C)n3n2)cc1. The lowest BCUT2D eigenvalue weighted by molar-refractivity contribution is -0.122. The normalized spacial score (nSPS) is 11.1. The molecular formula is C21H21N5O2S. The van der Waals surface area contributed by atoms with Crippen LogP contribution in [0.1, 0.15) is 23.2 Å². The number of aromatic nitrogens is 4. The van der Waals surface area contributed by atoms with E-state index in [0.717, 1.165) is 16.9 Å². The summed E-state index contributed by atoms with van der Waals surface area (Å²) in [5.74, 6) is 0.286. The van der Waals surface area contributed by atoms with Crippen molar-refractivity contribution < 1.29 is 4.79 Å². The van der Waals surface area contributed by atoms with Gasteiger partial charge < -0.3 is 5.32 Å². The van der Waals surface area contributed by atoms with Crippen molar-refractivity contribution in [2.75, 3.05) is 0 Å². The number of nitrogens with one attached hydrogen (secondary N) is 1. The summed E-state index contributed by atoms with van der Waals surface area (Å²) < 4.78 is 2.73. The van der Waals surface area contributed by atoms with E-state index in [0.29, 0.717) is 23.6 Å². The average Bonchev–Trinajstić information content (AvgIpc) is 3.41. The maximum atomic E-state index is 12.9. The Morgan fingerprint density at radius 3 is 2.66 bits per heavy atom. The first-order chi connectivity index (χ1) is 14.0. The molecule has 7 nitrogen and oxygen atoms in total. The zero-order valence-corrected chi connectivity index (χ0v) is 17.1. The molecule has 0 saturated heterocycles. The topological polar surface area (TPSA) is 81.3 Å². The quantitative estimate of drug-likeness (QED) is 0.533. The van der Waals surface area contributed by atoms with Gasteiger partial charge in [-0.25, -0.2) is 9.20 Å². The van der Waals surface area contributed by atoms with Crippen LogP contribution in [0.15, 0.2) is 52.6 Å². The summed E-state index contributed by atoms with van der Waals surface area (Å²) in [5.41, 5.74) is 2.94. The molecule has 0 radical (unpaired) electrons. The van der Waals surface area contributed by atoms with Gasteiger partial charge in [0.15, 0.2) is 0 Å². The molecule has 0 spiro atoms. The fourth-order valence-electron chi connectivity index (χ4n) is 3.13. The number of amides is 1. The molecular weight excluding hydrogens is 386 g/mol. The van der Waals surface area contributed by atoms with Crippen LogP contribution in [0.25, 0.3) is 16.8 Å². The van der Waals surface area contributed by atoms with Crippen LogP contribution in [0.4, 0.5) is 0 Å². The molecule has 4 aromatic rings. The molecule has 0 aliphatic rings. The predicted octanol–water partition coefficient (Wildman–Crippen LogP) is 2.81. The van der Waals surface area contributed by atoms with Gasteiger partial charge >= 0.3 is 0 Å². The summed E-state index contributed by atoms with van der Waals surface area (Å²) >= 11 is 1.57. The maximum absolute atomic E-state index is 12.9. The molecule has 148 valence electrons. The lowest BCUT2D eigenvalue weighted by atomic mass is 10.1. The molecule has 1 amide bonds. The number of carbonyl (C=O) groups excluding carboxylic acids is 1. The van der Waals surface area contributed by atoms with Crippen LogP contribution in [-0.2, 0) is 24.3 Å². The highest BCUT2D eigenvalue weighted by Crippen LogP contribution is 2.19. The molecule has 0 saturated carbocycles. The number of thiophene rings is 1. The second kappa shape index (κ2) is 8.00. The Balaban J connectivity index is 1.60. The van der Waals surface area contributed by atoms with E-state index in [4.69, 9.17) is 0 Å². The number of benzene rings is 1. The highest BCUT2D eigenvalue weighted by molar-refractivity contribution is 7.09. The molecule has 29 heavy (non-hydrogen) atoms. The molecule has 0 fully saturated rings. The summed E-state index contributed by atoms with van der Waals surface area (Å²) in [6.07, 6.45) is 0.966. The highest BCUT2D eigenvalue weighted by atomic mass is 32.1. The number of aryl methyl sites for hydroxylation is 2. The predicted molar refractivity (Wildman–Crippen MR) is 113 cm³/mol. The molecule has 0 unspecified atom stereocenters. The van der Waals surface area contributed by atoms with E-state index in [9.17, 15) is 9.59 Å². The molecule has 3 heterocycles. The minimum Gasteiger partial charge on any atom is -0.350 e. The van der Waals surface area contributed by atoms with Crippen molar-refractivity contribution in [1.29, 1.82) is 0 Å². The maximum Gasteiger partial charge on any atom is 0.293 e. The Morgan fingerprint density at radius 1 is 1.17 bits per heavy atom. The third-order valence-electron chi connectivity index (χ3n) is 4.73. The summed E-state index contributed by atoms with van der Waals surface area (Å²) in [6, 6.07) is 13.7. The highest BCUT2D eigenvalue weighted by Gasteiger charge is 2.14. The Morgan fingerprint density at radius 2 is 1.97 bits per heavy atom. The second-order valence-corrected chi connectivity index (χ2v) is 7.78. The average molecular weight is 407 g/mol. The molecule has 0 bridgehead atoms. The van der Waals surface area contributed by atoms with E-state index >= 15 is 0 Å². The fraction of sp³-hybridized carbons (Fsp3) is 0.238. The van der Waals surface area contributed by atoms with Gasteiger partial charge in [0.1, 0.15) is 17.9 Å². The third kappa shape index (κ3) is 3.97.